The number of aliphatic carboxylic acids is 1. The lowest BCUT2D eigenvalue weighted by Crippen LogP contribution is -2.44. The summed E-state index contributed by atoms with van der Waals surface area (Å²) in [6.07, 6.45) is -0.371. The molecule has 29 heavy (non-hydrogen) atoms. The summed E-state index contributed by atoms with van der Waals surface area (Å²) in [5.41, 5.74) is 4.55. The van der Waals surface area contributed by atoms with Gasteiger partial charge in [0.25, 0.3) is 0 Å². The van der Waals surface area contributed by atoms with Crippen LogP contribution in [0.3, 0.4) is 0 Å². The lowest BCUT2D eigenvalue weighted by molar-refractivity contribution is -0.142. The van der Waals surface area contributed by atoms with Crippen LogP contribution in [0.25, 0.3) is 11.1 Å². The van der Waals surface area contributed by atoms with Gasteiger partial charge in [-0.25, -0.2) is 9.59 Å². The zero-order valence-electron chi connectivity index (χ0n) is 15.9. The molecule has 0 spiro atoms. The number of benzene rings is 2. The van der Waals surface area contributed by atoms with Crippen LogP contribution in [-0.2, 0) is 16.0 Å². The van der Waals surface area contributed by atoms with E-state index in [4.69, 9.17) is 4.74 Å². The number of thiophene rings is 1. The summed E-state index contributed by atoms with van der Waals surface area (Å²) in [5, 5.41) is 11.5. The molecule has 2 aromatic carbocycles. The van der Waals surface area contributed by atoms with Gasteiger partial charge in [0, 0.05) is 24.3 Å². The molecule has 1 heterocycles. The number of carbonyl (C=O) groups excluding carboxylic acids is 1. The van der Waals surface area contributed by atoms with Crippen molar-refractivity contribution in [2.24, 2.45) is 0 Å². The Kier molecular flexibility index (Phi) is 5.36. The average molecular weight is 407 g/mol. The van der Waals surface area contributed by atoms with Crippen molar-refractivity contribution in [2.45, 2.75) is 18.4 Å². The van der Waals surface area contributed by atoms with Crippen molar-refractivity contribution in [3.05, 3.63) is 82.0 Å². The first-order valence-electron chi connectivity index (χ1n) is 9.39. The number of nitrogens with zero attached hydrogens (tertiary/aromatic N) is 1. The molecule has 3 aromatic rings. The van der Waals surface area contributed by atoms with Gasteiger partial charge in [0.2, 0.25) is 0 Å². The number of amides is 1. The van der Waals surface area contributed by atoms with Crippen molar-refractivity contribution < 1.29 is 19.4 Å². The molecule has 0 saturated carbocycles. The second kappa shape index (κ2) is 8.09. The Labute approximate surface area is 173 Å². The maximum atomic E-state index is 12.6. The van der Waals surface area contributed by atoms with Gasteiger partial charge in [0.15, 0.2) is 0 Å². The van der Waals surface area contributed by atoms with Crippen LogP contribution in [0.15, 0.2) is 66.0 Å². The van der Waals surface area contributed by atoms with Crippen LogP contribution in [0.5, 0.6) is 0 Å². The van der Waals surface area contributed by atoms with Crippen LogP contribution in [0, 0.1) is 0 Å². The summed E-state index contributed by atoms with van der Waals surface area (Å²) in [4.78, 5) is 26.4. The zero-order valence-corrected chi connectivity index (χ0v) is 16.8. The summed E-state index contributed by atoms with van der Waals surface area (Å²) in [6, 6.07) is 19.0. The second-order valence-electron chi connectivity index (χ2n) is 7.05. The second-order valence-corrected chi connectivity index (χ2v) is 8.08. The summed E-state index contributed by atoms with van der Waals surface area (Å²) >= 11 is 1.47. The van der Waals surface area contributed by atoms with Crippen molar-refractivity contribution in [1.29, 1.82) is 0 Å². The van der Waals surface area contributed by atoms with Gasteiger partial charge in [-0.3, -0.25) is 4.90 Å². The molecule has 1 aliphatic carbocycles. The third-order valence-electron chi connectivity index (χ3n) is 5.35. The smallest absolute Gasteiger partial charge is 0.410 e. The van der Waals surface area contributed by atoms with Gasteiger partial charge in [-0.15, -0.1) is 11.3 Å². The monoisotopic (exact) mass is 407 g/mol. The Morgan fingerprint density at radius 2 is 1.66 bits per heavy atom. The zero-order chi connectivity index (χ0) is 20.4. The van der Waals surface area contributed by atoms with Crippen LogP contribution >= 0.6 is 11.3 Å². The van der Waals surface area contributed by atoms with Crippen LogP contribution in [0.1, 0.15) is 21.9 Å². The fraction of sp³-hybridized carbons (Fsp3) is 0.217. The van der Waals surface area contributed by atoms with Crippen molar-refractivity contribution in [3.63, 3.8) is 0 Å². The molecule has 5 nitrogen and oxygen atoms in total. The third-order valence-corrected chi connectivity index (χ3v) is 6.25. The van der Waals surface area contributed by atoms with E-state index >= 15 is 0 Å². The molecular weight excluding hydrogens is 386 g/mol. The predicted molar refractivity (Wildman–Crippen MR) is 112 cm³/mol. The number of fused-ring (bicyclic) bond motifs is 3. The topological polar surface area (TPSA) is 66.8 Å². The molecule has 0 unspecified atom stereocenters. The highest BCUT2D eigenvalue weighted by molar-refractivity contribution is 7.09. The summed E-state index contributed by atoms with van der Waals surface area (Å²) in [7, 11) is 1.48. The first-order chi connectivity index (χ1) is 14.1. The van der Waals surface area contributed by atoms with E-state index in [9.17, 15) is 14.7 Å². The van der Waals surface area contributed by atoms with E-state index in [0.717, 1.165) is 27.1 Å². The number of ether oxygens (including phenoxy) is 1. The molecule has 1 amide bonds. The van der Waals surface area contributed by atoms with E-state index in [1.54, 1.807) is 0 Å². The number of likely N-dealkylation sites (N-methyl/N-ethyl adjacent to an activating group) is 1. The molecule has 1 aromatic heterocycles. The maximum Gasteiger partial charge on any atom is 0.410 e. The number of carboxylic acid groups (broad SMARTS) is 1. The first kappa shape index (κ1) is 19.2. The van der Waals surface area contributed by atoms with E-state index in [-0.39, 0.29) is 18.9 Å². The molecule has 1 N–H and O–H groups in total. The normalized spacial score (nSPS) is 13.4. The van der Waals surface area contributed by atoms with Crippen LogP contribution in [-0.4, -0.2) is 41.8 Å². The Balaban J connectivity index is 1.48. The van der Waals surface area contributed by atoms with E-state index in [1.165, 1.54) is 23.3 Å². The quantitative estimate of drug-likeness (QED) is 0.647. The fourth-order valence-corrected chi connectivity index (χ4v) is 4.58. The highest BCUT2D eigenvalue weighted by atomic mass is 32.1. The minimum Gasteiger partial charge on any atom is -0.480 e. The van der Waals surface area contributed by atoms with E-state index in [0.29, 0.717) is 0 Å². The van der Waals surface area contributed by atoms with Crippen LogP contribution < -0.4 is 0 Å². The van der Waals surface area contributed by atoms with Crippen molar-refractivity contribution >= 4 is 23.4 Å². The van der Waals surface area contributed by atoms with Crippen LogP contribution in [0.4, 0.5) is 4.79 Å². The molecular formula is C23H21NO4S. The lowest BCUT2D eigenvalue weighted by Gasteiger charge is -2.25. The highest BCUT2D eigenvalue weighted by Gasteiger charge is 2.32. The molecule has 0 aliphatic heterocycles. The van der Waals surface area contributed by atoms with Gasteiger partial charge < -0.3 is 9.84 Å². The third kappa shape index (κ3) is 3.76. The Bertz CT molecular complexity index is 985. The molecule has 4 rings (SSSR count). The largest absolute Gasteiger partial charge is 0.480 e. The molecule has 6 heteroatoms. The van der Waals surface area contributed by atoms with E-state index < -0.39 is 18.1 Å². The minimum atomic E-state index is -1.05. The number of hydrogen-bond donors (Lipinski definition) is 1. The fourth-order valence-electron chi connectivity index (χ4n) is 3.83. The van der Waals surface area contributed by atoms with Crippen molar-refractivity contribution in [3.8, 4) is 11.1 Å². The number of carboxylic acids is 1. The van der Waals surface area contributed by atoms with Gasteiger partial charge in [0.1, 0.15) is 12.6 Å². The van der Waals surface area contributed by atoms with Gasteiger partial charge in [-0.1, -0.05) is 54.6 Å². The maximum absolute atomic E-state index is 12.6. The molecule has 1 aliphatic rings. The van der Waals surface area contributed by atoms with E-state index in [2.05, 4.69) is 12.1 Å². The van der Waals surface area contributed by atoms with Gasteiger partial charge in [-0.05, 0) is 33.7 Å². The minimum absolute atomic E-state index is 0.0553. The SMILES string of the molecule is CN(C(=O)OCC1c2ccccc2-c2ccccc21)[C@H](Cc1cccs1)C(=O)O. The summed E-state index contributed by atoms with van der Waals surface area (Å²) in [6.45, 7) is 0.169. The Hall–Kier alpha value is -3.12. The van der Waals surface area contributed by atoms with Crippen molar-refractivity contribution in [1.82, 2.24) is 4.90 Å². The predicted octanol–water partition coefficient (Wildman–Crippen LogP) is 4.62. The Morgan fingerprint density at radius 3 is 2.21 bits per heavy atom. The Morgan fingerprint density at radius 1 is 1.03 bits per heavy atom. The van der Waals surface area contributed by atoms with Gasteiger partial charge in [0.05, 0.1) is 0 Å². The first-order valence-corrected chi connectivity index (χ1v) is 10.3. The summed E-state index contributed by atoms with van der Waals surface area (Å²) in [5.74, 6) is -1.10. The number of carbonyl (C=O) groups is 2. The summed E-state index contributed by atoms with van der Waals surface area (Å²) < 4.78 is 5.58. The average Bonchev–Trinajstić information content (AvgIpc) is 3.36. The molecule has 0 bridgehead atoms. The van der Waals surface area contributed by atoms with Gasteiger partial charge >= 0.3 is 12.1 Å². The highest BCUT2D eigenvalue weighted by Crippen LogP contribution is 2.44. The van der Waals surface area contributed by atoms with Crippen molar-refractivity contribution in [2.75, 3.05) is 13.7 Å². The van der Waals surface area contributed by atoms with Crippen LogP contribution in [0.2, 0.25) is 0 Å². The number of rotatable bonds is 6. The standard InChI is InChI=1S/C23H21NO4S/c1-24(21(22(25)26)13-15-7-6-12-29-15)23(27)28-14-20-18-10-4-2-8-16(18)17-9-3-5-11-19(17)20/h2-12,20-21H,13-14H2,1H3,(H,25,26)/t21-/m1/s1. The van der Waals surface area contributed by atoms with E-state index in [1.807, 2.05) is 53.9 Å². The number of hydrogen-bond acceptors (Lipinski definition) is 4. The molecule has 1 atom stereocenters. The molecule has 148 valence electrons. The molecule has 0 radical (unpaired) electrons. The van der Waals surface area contributed by atoms with Gasteiger partial charge in [-0.2, -0.15) is 0 Å². The molecule has 0 fully saturated rings. The molecule has 0 saturated heterocycles. The lowest BCUT2D eigenvalue weighted by atomic mass is 9.98.